The summed E-state index contributed by atoms with van der Waals surface area (Å²) in [5, 5.41) is 1.63. The second-order valence-corrected chi connectivity index (χ2v) is 13.5. The Kier molecular flexibility index (Phi) is 3.13. The van der Waals surface area contributed by atoms with E-state index in [4.69, 9.17) is 4.74 Å². The summed E-state index contributed by atoms with van der Waals surface area (Å²) in [7, 11) is -1.31. The Bertz CT molecular complexity index is 562. The summed E-state index contributed by atoms with van der Waals surface area (Å²) < 4.78 is 5.95. The molecule has 3 rings (SSSR count). The molecule has 0 radical (unpaired) electrons. The molecule has 0 bridgehead atoms. The van der Waals surface area contributed by atoms with Gasteiger partial charge in [0.25, 0.3) is 4.06 Å². The first kappa shape index (κ1) is 12.8. The Morgan fingerprint density at radius 3 is 2.78 bits per heavy atom. The van der Waals surface area contributed by atoms with Crippen LogP contribution in [-0.4, -0.2) is 21.3 Å². The van der Waals surface area contributed by atoms with Crippen molar-refractivity contribution in [1.82, 2.24) is 0 Å². The maximum absolute atomic E-state index is 11.7. The number of ether oxygens (including phenoxy) is 1. The van der Waals surface area contributed by atoms with Crippen LogP contribution in [0.3, 0.4) is 0 Å². The molecule has 1 saturated heterocycles. The fourth-order valence-electron chi connectivity index (χ4n) is 2.97. The van der Waals surface area contributed by atoms with Crippen LogP contribution >= 0.6 is 22.7 Å². The summed E-state index contributed by atoms with van der Waals surface area (Å²) in [5.74, 6) is 0.494. The Morgan fingerprint density at radius 1 is 1.28 bits per heavy atom. The van der Waals surface area contributed by atoms with E-state index in [2.05, 4.69) is 19.6 Å². The zero-order valence-electron chi connectivity index (χ0n) is 11.0. The van der Waals surface area contributed by atoms with Gasteiger partial charge in [-0.25, -0.2) is 0 Å². The van der Waals surface area contributed by atoms with Crippen LogP contribution in [0.4, 0.5) is 0 Å². The van der Waals surface area contributed by atoms with Crippen LogP contribution < -0.4 is 4.06 Å². The highest BCUT2D eigenvalue weighted by molar-refractivity contribution is 7.27. The molecule has 1 aliphatic heterocycles. The molecule has 18 heavy (non-hydrogen) atoms. The van der Waals surface area contributed by atoms with Crippen molar-refractivity contribution in [2.24, 2.45) is 0 Å². The third-order valence-corrected chi connectivity index (χ3v) is 8.48. The molecular weight excluding hydrogens is 280 g/mol. The Labute approximate surface area is 116 Å². The van der Waals surface area contributed by atoms with Gasteiger partial charge in [-0.15, -0.1) is 0 Å². The molecule has 1 aromatic heterocycles. The summed E-state index contributed by atoms with van der Waals surface area (Å²) in [6.07, 6.45) is 2.08. The fourth-order valence-corrected chi connectivity index (χ4v) is 7.43. The zero-order valence-corrected chi connectivity index (χ0v) is 13.7. The lowest BCUT2D eigenvalue weighted by atomic mass is 9.87. The minimum Gasteiger partial charge on any atom is -0.377 e. The zero-order chi connectivity index (χ0) is 12.9. The second-order valence-electron chi connectivity index (χ2n) is 6.07. The lowest BCUT2D eigenvalue weighted by Crippen LogP contribution is -2.33. The Morgan fingerprint density at radius 2 is 2.06 bits per heavy atom. The van der Waals surface area contributed by atoms with E-state index in [-0.39, 0.29) is 4.06 Å². The van der Waals surface area contributed by atoms with Gasteiger partial charge in [-0.1, -0.05) is 47.5 Å². The van der Waals surface area contributed by atoms with Crippen molar-refractivity contribution in [3.05, 3.63) is 29.4 Å². The summed E-state index contributed by atoms with van der Waals surface area (Å²) in [5.41, 5.74) is 1.52. The normalized spacial score (nSPS) is 23.8. The Balaban J connectivity index is 2.14. The van der Waals surface area contributed by atoms with Crippen molar-refractivity contribution < 1.29 is 4.74 Å². The van der Waals surface area contributed by atoms with Crippen LogP contribution in [0.15, 0.2) is 15.6 Å². The Hall–Kier alpha value is -0.233. The van der Waals surface area contributed by atoms with E-state index in [1.807, 2.05) is 0 Å². The first-order valence-electron chi connectivity index (χ1n) is 6.39. The molecule has 0 spiro atoms. The maximum Gasteiger partial charge on any atom is 0.287 e. The van der Waals surface area contributed by atoms with E-state index < -0.39 is 8.07 Å². The first-order valence-corrected chi connectivity index (χ1v) is 11.5. The average Bonchev–Trinajstić information content (AvgIpc) is 2.67. The van der Waals surface area contributed by atoms with Crippen molar-refractivity contribution in [3.63, 3.8) is 0 Å². The smallest absolute Gasteiger partial charge is 0.287 e. The van der Waals surface area contributed by atoms with Crippen LogP contribution in [0.25, 0.3) is 0 Å². The lowest BCUT2D eigenvalue weighted by Gasteiger charge is -2.36. The topological polar surface area (TPSA) is 26.3 Å². The van der Waals surface area contributed by atoms with Crippen LogP contribution in [0.1, 0.15) is 22.1 Å². The van der Waals surface area contributed by atoms with Gasteiger partial charge < -0.3 is 4.74 Å². The molecule has 5 heteroatoms. The standard InChI is InChI=1S/C13H18O2S2Si/c1-18(2,3)11-6-10-12(17-13(14)16-10)8-4-5-15-7-9(8)11/h8H,4-7H2,1-3H3. The van der Waals surface area contributed by atoms with Crippen molar-refractivity contribution >= 4 is 30.7 Å². The predicted octanol–water partition coefficient (Wildman–Crippen LogP) is 3.40. The lowest BCUT2D eigenvalue weighted by molar-refractivity contribution is 0.120. The molecule has 1 atom stereocenters. The number of hydrogen-bond donors (Lipinski definition) is 0. The largest absolute Gasteiger partial charge is 0.377 e. The van der Waals surface area contributed by atoms with E-state index in [1.165, 1.54) is 38.0 Å². The van der Waals surface area contributed by atoms with Gasteiger partial charge in [-0.05, 0) is 12.0 Å². The van der Waals surface area contributed by atoms with Gasteiger partial charge in [0.2, 0.25) is 0 Å². The SMILES string of the molecule is C[Si](C)(C)C1=C2COCCC2c2sc(=O)sc2C1. The van der Waals surface area contributed by atoms with Crippen LogP contribution in [0, 0.1) is 0 Å². The molecule has 0 saturated carbocycles. The van der Waals surface area contributed by atoms with E-state index in [1.54, 1.807) is 5.20 Å². The summed E-state index contributed by atoms with van der Waals surface area (Å²) in [4.78, 5) is 14.4. The minimum atomic E-state index is -1.31. The molecule has 2 aliphatic rings. The third-order valence-electron chi connectivity index (χ3n) is 3.85. The van der Waals surface area contributed by atoms with Gasteiger partial charge in [-0.2, -0.15) is 0 Å². The van der Waals surface area contributed by atoms with Gasteiger partial charge in [0.15, 0.2) is 0 Å². The highest BCUT2D eigenvalue weighted by Crippen LogP contribution is 2.45. The van der Waals surface area contributed by atoms with Crippen molar-refractivity contribution in [2.45, 2.75) is 38.4 Å². The fraction of sp³-hybridized carbons (Fsp3) is 0.615. The molecule has 1 unspecified atom stereocenters. The van der Waals surface area contributed by atoms with Gasteiger partial charge >= 0.3 is 0 Å². The van der Waals surface area contributed by atoms with Crippen molar-refractivity contribution in [3.8, 4) is 0 Å². The number of fused-ring (bicyclic) bond motifs is 3. The summed E-state index contributed by atoms with van der Waals surface area (Å²) in [6, 6.07) is 0. The van der Waals surface area contributed by atoms with Gasteiger partial charge in [0.05, 0.1) is 14.7 Å². The van der Waals surface area contributed by atoms with Crippen molar-refractivity contribution in [1.29, 1.82) is 0 Å². The van der Waals surface area contributed by atoms with Crippen LogP contribution in [0.5, 0.6) is 0 Å². The molecule has 0 N–H and O–H groups in total. The van der Waals surface area contributed by atoms with E-state index in [9.17, 15) is 4.79 Å². The highest BCUT2D eigenvalue weighted by Gasteiger charge is 2.36. The quantitative estimate of drug-likeness (QED) is 0.743. The second kappa shape index (κ2) is 4.40. The molecule has 2 heterocycles. The first-order chi connectivity index (χ1) is 8.47. The molecule has 2 nitrogen and oxygen atoms in total. The van der Waals surface area contributed by atoms with Gasteiger partial charge in [0.1, 0.15) is 0 Å². The maximum atomic E-state index is 11.7. The molecular formula is C13H18O2S2Si. The van der Waals surface area contributed by atoms with E-state index in [0.717, 1.165) is 26.1 Å². The highest BCUT2D eigenvalue weighted by atomic mass is 32.2. The number of rotatable bonds is 1. The van der Waals surface area contributed by atoms with Gasteiger partial charge in [0, 0.05) is 28.7 Å². The molecule has 0 aromatic carbocycles. The van der Waals surface area contributed by atoms with Crippen molar-refractivity contribution in [2.75, 3.05) is 13.2 Å². The van der Waals surface area contributed by atoms with Gasteiger partial charge in [-0.3, -0.25) is 4.79 Å². The van der Waals surface area contributed by atoms with Crippen LogP contribution in [0.2, 0.25) is 19.6 Å². The summed E-state index contributed by atoms with van der Waals surface area (Å²) >= 11 is 2.95. The molecule has 0 amide bonds. The predicted molar refractivity (Wildman–Crippen MR) is 80.7 cm³/mol. The third kappa shape index (κ3) is 2.07. The number of hydrogen-bond acceptors (Lipinski definition) is 4. The molecule has 1 aromatic rings. The van der Waals surface area contributed by atoms with E-state index >= 15 is 0 Å². The van der Waals surface area contributed by atoms with Crippen LogP contribution in [-0.2, 0) is 11.2 Å². The summed E-state index contributed by atoms with van der Waals surface area (Å²) in [6.45, 7) is 8.84. The molecule has 98 valence electrons. The van der Waals surface area contributed by atoms with E-state index in [0.29, 0.717) is 5.92 Å². The molecule has 1 aliphatic carbocycles. The average molecular weight is 299 g/mol. The minimum absolute atomic E-state index is 0.266. The monoisotopic (exact) mass is 298 g/mol. The number of allylic oxidation sites excluding steroid dienone is 1. The molecule has 1 fully saturated rings.